The van der Waals surface area contributed by atoms with E-state index in [1.54, 1.807) is 12.3 Å². The molecule has 1 aliphatic heterocycles. The van der Waals surface area contributed by atoms with Gasteiger partial charge in [-0.05, 0) is 24.6 Å². The number of carbonyl (C=O) groups excluding carboxylic acids is 1. The Bertz CT molecular complexity index is 1000. The second kappa shape index (κ2) is 7.81. The predicted molar refractivity (Wildman–Crippen MR) is 105 cm³/mol. The molecule has 0 saturated carbocycles. The Morgan fingerprint density at radius 1 is 1.32 bits per heavy atom. The number of carbonyl (C=O) groups is 1. The summed E-state index contributed by atoms with van der Waals surface area (Å²) in [5.74, 6) is 1.56. The molecule has 0 spiro atoms. The Balaban J connectivity index is 1.44. The molecular weight excluding hydrogens is 358 g/mol. The molecular formula is C19H23N7O2. The third-order valence-electron chi connectivity index (χ3n) is 4.87. The van der Waals surface area contributed by atoms with Gasteiger partial charge in [0.2, 0.25) is 5.91 Å². The highest BCUT2D eigenvalue weighted by Crippen LogP contribution is 2.20. The van der Waals surface area contributed by atoms with Crippen molar-refractivity contribution in [1.82, 2.24) is 24.4 Å². The van der Waals surface area contributed by atoms with Gasteiger partial charge in [0, 0.05) is 44.0 Å². The van der Waals surface area contributed by atoms with Crippen LogP contribution in [-0.2, 0) is 16.1 Å². The highest BCUT2D eigenvalue weighted by atomic mass is 16.5. The number of nitrogen functional groups attached to an aromatic ring is 1. The molecule has 28 heavy (non-hydrogen) atoms. The molecule has 0 aliphatic carbocycles. The smallest absolute Gasteiger partial charge is 0.222 e. The summed E-state index contributed by atoms with van der Waals surface area (Å²) in [6.07, 6.45) is 4.85. The summed E-state index contributed by atoms with van der Waals surface area (Å²) in [4.78, 5) is 26.4. The van der Waals surface area contributed by atoms with Crippen LogP contribution in [0.5, 0.6) is 0 Å². The Labute approximate surface area is 162 Å². The zero-order valence-corrected chi connectivity index (χ0v) is 15.5. The summed E-state index contributed by atoms with van der Waals surface area (Å²) < 4.78 is 7.28. The maximum Gasteiger partial charge on any atom is 0.222 e. The van der Waals surface area contributed by atoms with Gasteiger partial charge >= 0.3 is 0 Å². The van der Waals surface area contributed by atoms with E-state index in [4.69, 9.17) is 15.9 Å². The second-order valence-electron chi connectivity index (χ2n) is 6.77. The normalized spacial score (nSPS) is 14.5. The minimum absolute atomic E-state index is 0.0180. The summed E-state index contributed by atoms with van der Waals surface area (Å²) in [5.41, 5.74) is 7.80. The van der Waals surface area contributed by atoms with Crippen LogP contribution in [0.4, 0.5) is 0 Å². The highest BCUT2D eigenvalue weighted by molar-refractivity contribution is 5.98. The average molecular weight is 381 g/mol. The number of rotatable bonds is 6. The van der Waals surface area contributed by atoms with Gasteiger partial charge in [0.25, 0.3) is 0 Å². The first kappa shape index (κ1) is 18.2. The van der Waals surface area contributed by atoms with Gasteiger partial charge in [-0.3, -0.25) is 10.2 Å². The molecule has 146 valence electrons. The van der Waals surface area contributed by atoms with Gasteiger partial charge in [0.1, 0.15) is 5.84 Å². The lowest BCUT2D eigenvalue weighted by atomic mass is 10.2. The van der Waals surface area contributed by atoms with Crippen molar-refractivity contribution in [3.63, 3.8) is 0 Å². The minimum atomic E-state index is 0.0180. The molecule has 9 heteroatoms. The molecule has 4 N–H and O–H groups in total. The monoisotopic (exact) mass is 381 g/mol. The number of nitrogens with one attached hydrogen (secondary N) is 2. The number of ether oxygens (including phenoxy) is 1. The molecule has 1 aliphatic rings. The number of H-pyrrole nitrogens is 1. The van der Waals surface area contributed by atoms with Crippen LogP contribution in [-0.4, -0.2) is 62.5 Å². The van der Waals surface area contributed by atoms with Crippen molar-refractivity contribution in [2.45, 2.75) is 19.4 Å². The van der Waals surface area contributed by atoms with Crippen molar-refractivity contribution >= 4 is 22.8 Å². The molecule has 3 heterocycles. The van der Waals surface area contributed by atoms with Crippen LogP contribution in [0.3, 0.4) is 0 Å². The fourth-order valence-corrected chi connectivity index (χ4v) is 3.36. The fourth-order valence-electron chi connectivity index (χ4n) is 3.36. The van der Waals surface area contributed by atoms with Crippen LogP contribution < -0.4 is 5.73 Å². The molecule has 0 atom stereocenters. The number of amidine groups is 1. The molecule has 1 saturated heterocycles. The number of imidazole rings is 2. The quantitative estimate of drug-likeness (QED) is 0.439. The number of nitrogens with two attached hydrogens (primary N) is 1. The fraction of sp³-hybridized carbons (Fsp3) is 0.368. The Morgan fingerprint density at radius 2 is 2.14 bits per heavy atom. The van der Waals surface area contributed by atoms with Gasteiger partial charge in [0.05, 0.1) is 24.2 Å². The summed E-state index contributed by atoms with van der Waals surface area (Å²) >= 11 is 0. The Kier molecular flexibility index (Phi) is 5.07. The highest BCUT2D eigenvalue weighted by Gasteiger charge is 2.17. The third-order valence-corrected chi connectivity index (χ3v) is 4.87. The molecule has 9 nitrogen and oxygen atoms in total. The number of aromatic nitrogens is 4. The van der Waals surface area contributed by atoms with Crippen LogP contribution >= 0.6 is 0 Å². The molecule has 1 aromatic carbocycles. The second-order valence-corrected chi connectivity index (χ2v) is 6.77. The summed E-state index contributed by atoms with van der Waals surface area (Å²) in [5, 5.41) is 7.56. The summed E-state index contributed by atoms with van der Waals surface area (Å²) in [6, 6.07) is 5.42. The topological polar surface area (TPSA) is 126 Å². The molecule has 0 unspecified atom stereocenters. The number of nitrogens with zero attached hydrogens (tertiary/aromatic N) is 4. The number of hydrogen-bond acceptors (Lipinski definition) is 5. The van der Waals surface area contributed by atoms with E-state index in [9.17, 15) is 4.79 Å². The zero-order chi connectivity index (χ0) is 19.5. The SMILES string of the molecule is N=C(N)c1ccc2nc(-c3nccn3CCCC(=O)N3CCOCC3)[nH]c2c1. The molecule has 0 bridgehead atoms. The molecule has 3 aromatic rings. The van der Waals surface area contributed by atoms with Crippen LogP contribution in [0, 0.1) is 5.41 Å². The maximum absolute atomic E-state index is 12.3. The van der Waals surface area contributed by atoms with E-state index >= 15 is 0 Å². The summed E-state index contributed by atoms with van der Waals surface area (Å²) in [7, 11) is 0. The first-order valence-electron chi connectivity index (χ1n) is 9.33. The van der Waals surface area contributed by atoms with Gasteiger partial charge in [-0.15, -0.1) is 0 Å². The van der Waals surface area contributed by atoms with Gasteiger partial charge in [-0.1, -0.05) is 0 Å². The van der Waals surface area contributed by atoms with Crippen molar-refractivity contribution in [2.75, 3.05) is 26.3 Å². The maximum atomic E-state index is 12.3. The predicted octanol–water partition coefficient (Wildman–Crippen LogP) is 1.35. The molecule has 0 radical (unpaired) electrons. The Hall–Kier alpha value is -3.20. The first-order chi connectivity index (χ1) is 13.6. The largest absolute Gasteiger partial charge is 0.384 e. The zero-order valence-electron chi connectivity index (χ0n) is 15.5. The number of aryl methyl sites for hydroxylation is 1. The number of aromatic amines is 1. The van der Waals surface area contributed by atoms with E-state index in [2.05, 4.69) is 15.0 Å². The molecule has 2 aromatic heterocycles. The van der Waals surface area contributed by atoms with Crippen LogP contribution in [0.2, 0.25) is 0 Å². The lowest BCUT2D eigenvalue weighted by Crippen LogP contribution is -2.40. The van der Waals surface area contributed by atoms with E-state index < -0.39 is 0 Å². The number of fused-ring (bicyclic) bond motifs is 1. The van der Waals surface area contributed by atoms with Crippen LogP contribution in [0.15, 0.2) is 30.6 Å². The minimum Gasteiger partial charge on any atom is -0.384 e. The Morgan fingerprint density at radius 3 is 2.93 bits per heavy atom. The van der Waals surface area contributed by atoms with Crippen molar-refractivity contribution < 1.29 is 9.53 Å². The molecule has 1 fully saturated rings. The van der Waals surface area contributed by atoms with Crippen molar-refractivity contribution in [3.05, 3.63) is 36.2 Å². The van der Waals surface area contributed by atoms with Gasteiger partial charge < -0.3 is 24.9 Å². The van der Waals surface area contributed by atoms with Crippen molar-refractivity contribution in [2.24, 2.45) is 5.73 Å². The lowest BCUT2D eigenvalue weighted by Gasteiger charge is -2.26. The van der Waals surface area contributed by atoms with Gasteiger partial charge in [-0.25, -0.2) is 9.97 Å². The molecule has 4 rings (SSSR count). The van der Waals surface area contributed by atoms with E-state index in [1.807, 2.05) is 27.8 Å². The van der Waals surface area contributed by atoms with E-state index in [0.29, 0.717) is 50.7 Å². The van der Waals surface area contributed by atoms with Crippen LogP contribution in [0.25, 0.3) is 22.7 Å². The van der Waals surface area contributed by atoms with Crippen molar-refractivity contribution in [3.8, 4) is 11.6 Å². The number of morpholine rings is 1. The average Bonchev–Trinajstić information content (AvgIpc) is 3.34. The van der Waals surface area contributed by atoms with E-state index in [-0.39, 0.29) is 11.7 Å². The lowest BCUT2D eigenvalue weighted by molar-refractivity contribution is -0.135. The van der Waals surface area contributed by atoms with E-state index in [0.717, 1.165) is 23.3 Å². The first-order valence-corrected chi connectivity index (χ1v) is 9.33. The van der Waals surface area contributed by atoms with Crippen molar-refractivity contribution in [1.29, 1.82) is 5.41 Å². The summed E-state index contributed by atoms with van der Waals surface area (Å²) in [6.45, 7) is 3.28. The van der Waals surface area contributed by atoms with Gasteiger partial charge in [-0.2, -0.15) is 0 Å². The standard InChI is InChI=1S/C19H23N7O2/c20-17(21)13-3-4-14-15(12-13)24-18(23-14)19-22-5-7-26(19)6-1-2-16(27)25-8-10-28-11-9-25/h3-5,7,12H,1-2,6,8-11H2,(H3,20,21)(H,23,24). The molecule has 1 amide bonds. The van der Waals surface area contributed by atoms with Crippen LogP contribution in [0.1, 0.15) is 18.4 Å². The number of hydrogen-bond donors (Lipinski definition) is 3. The number of amides is 1. The van der Waals surface area contributed by atoms with Gasteiger partial charge in [0.15, 0.2) is 11.6 Å². The third kappa shape index (κ3) is 3.74. The number of benzene rings is 1. The van der Waals surface area contributed by atoms with E-state index in [1.165, 1.54) is 0 Å².